The molecule has 7 heteroatoms. The second kappa shape index (κ2) is 8.58. The van der Waals surface area contributed by atoms with Crippen LogP contribution in [0.3, 0.4) is 0 Å². The topological polar surface area (TPSA) is 113 Å². The second-order valence-electron chi connectivity index (χ2n) is 7.06. The number of phenols is 1. The zero-order valence-corrected chi connectivity index (χ0v) is 15.6. The van der Waals surface area contributed by atoms with Gasteiger partial charge in [-0.25, -0.2) is 4.79 Å². The molecule has 0 saturated heterocycles. The normalized spacial score (nSPS) is 30.5. The lowest BCUT2D eigenvalue weighted by atomic mass is 9.99. The molecule has 0 amide bonds. The van der Waals surface area contributed by atoms with Gasteiger partial charge >= 0.3 is 5.97 Å². The molecule has 0 radical (unpaired) electrons. The minimum Gasteiger partial charge on any atom is -0.507 e. The third-order valence-electron chi connectivity index (χ3n) is 5.16. The third kappa shape index (κ3) is 4.26. The Labute approximate surface area is 162 Å². The number of phenolic OH excluding ortho intramolecular Hbond substituents is 1. The third-order valence-corrected chi connectivity index (χ3v) is 5.16. The standard InChI is InChI=1S/C21H24O7/c1-27-14-10-13-5-2-6-15(22)20(25)16(23)9-8-12-4-3-7-18(12)28-21(26)19(13)17(24)11-14/h2,5,8-12,15,18,20,22,24-25H,3-4,6-7H2,1H3/b5-2+,9-8-/t12-,15-,18-,20-/m0/s1. The Kier molecular flexibility index (Phi) is 6.16. The van der Waals surface area contributed by atoms with E-state index in [0.717, 1.165) is 12.8 Å². The quantitative estimate of drug-likeness (QED) is 0.631. The molecule has 1 aliphatic heterocycles. The number of aliphatic hydroxyl groups is 2. The molecule has 1 heterocycles. The number of aliphatic hydroxyl groups excluding tert-OH is 2. The summed E-state index contributed by atoms with van der Waals surface area (Å²) < 4.78 is 10.8. The van der Waals surface area contributed by atoms with Crippen molar-refractivity contribution in [3.63, 3.8) is 0 Å². The first kappa shape index (κ1) is 20.1. The van der Waals surface area contributed by atoms with E-state index in [1.54, 1.807) is 12.1 Å². The van der Waals surface area contributed by atoms with Crippen molar-refractivity contribution in [3.05, 3.63) is 41.5 Å². The fourth-order valence-corrected chi connectivity index (χ4v) is 3.58. The molecule has 28 heavy (non-hydrogen) atoms. The van der Waals surface area contributed by atoms with Crippen LogP contribution in [0, 0.1) is 5.92 Å². The van der Waals surface area contributed by atoms with Crippen LogP contribution in [0.2, 0.25) is 0 Å². The summed E-state index contributed by atoms with van der Waals surface area (Å²) in [5.41, 5.74) is 0.367. The van der Waals surface area contributed by atoms with Crippen molar-refractivity contribution in [2.24, 2.45) is 5.92 Å². The first-order valence-electron chi connectivity index (χ1n) is 9.27. The summed E-state index contributed by atoms with van der Waals surface area (Å²) in [5.74, 6) is -1.33. The Bertz CT molecular complexity index is 811. The van der Waals surface area contributed by atoms with E-state index >= 15 is 0 Å². The Morgan fingerprint density at radius 2 is 1.93 bits per heavy atom. The van der Waals surface area contributed by atoms with Crippen molar-refractivity contribution in [1.82, 2.24) is 0 Å². The molecule has 0 aromatic heterocycles. The van der Waals surface area contributed by atoms with Crippen LogP contribution in [-0.2, 0) is 9.53 Å². The lowest BCUT2D eigenvalue weighted by Crippen LogP contribution is -2.32. The van der Waals surface area contributed by atoms with Gasteiger partial charge in [0.1, 0.15) is 29.3 Å². The van der Waals surface area contributed by atoms with E-state index in [2.05, 4.69) is 0 Å². The van der Waals surface area contributed by atoms with E-state index in [0.29, 0.717) is 17.7 Å². The maximum Gasteiger partial charge on any atom is 0.342 e. The van der Waals surface area contributed by atoms with Gasteiger partial charge in [-0.2, -0.15) is 0 Å². The minimum atomic E-state index is -1.54. The van der Waals surface area contributed by atoms with Crippen molar-refractivity contribution in [2.75, 3.05) is 7.11 Å². The minimum absolute atomic E-state index is 0.00912. The van der Waals surface area contributed by atoms with E-state index in [4.69, 9.17) is 9.47 Å². The summed E-state index contributed by atoms with van der Waals surface area (Å²) in [6, 6.07) is 2.90. The molecule has 7 nitrogen and oxygen atoms in total. The van der Waals surface area contributed by atoms with Crippen LogP contribution in [0.5, 0.6) is 11.5 Å². The molecule has 1 aliphatic carbocycles. The molecule has 2 aliphatic rings. The van der Waals surface area contributed by atoms with Gasteiger partial charge in [0.15, 0.2) is 5.78 Å². The summed E-state index contributed by atoms with van der Waals surface area (Å²) >= 11 is 0. The molecule has 4 atom stereocenters. The highest BCUT2D eigenvalue weighted by Crippen LogP contribution is 2.34. The number of hydrogen-bond donors (Lipinski definition) is 3. The molecular formula is C21H24O7. The highest BCUT2D eigenvalue weighted by atomic mass is 16.5. The van der Waals surface area contributed by atoms with Gasteiger partial charge in [-0.3, -0.25) is 4.79 Å². The summed E-state index contributed by atoms with van der Waals surface area (Å²) in [7, 11) is 1.44. The van der Waals surface area contributed by atoms with E-state index < -0.39 is 30.1 Å². The Morgan fingerprint density at radius 1 is 1.14 bits per heavy atom. The monoisotopic (exact) mass is 388 g/mol. The molecule has 0 unspecified atom stereocenters. The highest BCUT2D eigenvalue weighted by molar-refractivity contribution is 5.97. The first-order valence-corrected chi connectivity index (χ1v) is 9.27. The molecule has 1 fully saturated rings. The van der Waals surface area contributed by atoms with Gasteiger partial charge in [0.2, 0.25) is 0 Å². The van der Waals surface area contributed by atoms with Crippen molar-refractivity contribution < 1.29 is 34.4 Å². The van der Waals surface area contributed by atoms with Gasteiger partial charge in [0, 0.05) is 12.0 Å². The number of hydrogen-bond acceptors (Lipinski definition) is 7. The number of aromatic hydroxyl groups is 1. The number of fused-ring (bicyclic) bond motifs is 2. The van der Waals surface area contributed by atoms with E-state index in [-0.39, 0.29) is 23.7 Å². The lowest BCUT2D eigenvalue weighted by Gasteiger charge is -2.20. The molecule has 3 rings (SSSR count). The van der Waals surface area contributed by atoms with Crippen LogP contribution in [-0.4, -0.2) is 52.5 Å². The Hall–Kier alpha value is -2.64. The molecule has 0 bridgehead atoms. The van der Waals surface area contributed by atoms with Crippen LogP contribution in [0.25, 0.3) is 6.08 Å². The van der Waals surface area contributed by atoms with Crippen LogP contribution < -0.4 is 4.74 Å². The predicted octanol–water partition coefficient (Wildman–Crippen LogP) is 1.99. The largest absolute Gasteiger partial charge is 0.507 e. The molecule has 150 valence electrons. The van der Waals surface area contributed by atoms with Crippen molar-refractivity contribution in [1.29, 1.82) is 0 Å². The molecule has 0 spiro atoms. The SMILES string of the molecule is COc1cc(O)c2c(c1)/C=C/C[C@H](O)[C@H](O)C(=O)/C=C\[C@@H]1CCC[C@@H]1OC2=O. The average molecular weight is 388 g/mol. The van der Waals surface area contributed by atoms with Gasteiger partial charge in [-0.05, 0) is 43.4 Å². The van der Waals surface area contributed by atoms with Gasteiger partial charge in [-0.15, -0.1) is 0 Å². The van der Waals surface area contributed by atoms with Crippen molar-refractivity contribution in [3.8, 4) is 11.5 Å². The number of rotatable bonds is 1. The second-order valence-corrected chi connectivity index (χ2v) is 7.06. The summed E-state index contributed by atoms with van der Waals surface area (Å²) in [6.07, 6.45) is 4.84. The number of benzene rings is 1. The van der Waals surface area contributed by atoms with E-state index in [1.165, 1.54) is 31.4 Å². The molecular weight excluding hydrogens is 364 g/mol. The maximum absolute atomic E-state index is 12.8. The number of ether oxygens (including phenoxy) is 2. The predicted molar refractivity (Wildman–Crippen MR) is 101 cm³/mol. The molecule has 1 aromatic rings. The Morgan fingerprint density at radius 3 is 2.68 bits per heavy atom. The number of ketones is 1. The summed E-state index contributed by atoms with van der Waals surface area (Å²) in [6.45, 7) is 0. The van der Waals surface area contributed by atoms with Crippen molar-refractivity contribution >= 4 is 17.8 Å². The molecule has 3 N–H and O–H groups in total. The van der Waals surface area contributed by atoms with Gasteiger partial charge in [0.05, 0.1) is 13.2 Å². The first-order chi connectivity index (χ1) is 13.4. The van der Waals surface area contributed by atoms with Crippen LogP contribution in [0.1, 0.15) is 41.6 Å². The summed E-state index contributed by atoms with van der Waals surface area (Å²) in [4.78, 5) is 24.9. The van der Waals surface area contributed by atoms with Gasteiger partial charge < -0.3 is 24.8 Å². The van der Waals surface area contributed by atoms with Crippen LogP contribution >= 0.6 is 0 Å². The molecule has 1 saturated carbocycles. The van der Waals surface area contributed by atoms with E-state index in [9.17, 15) is 24.9 Å². The number of carbonyl (C=O) groups is 2. The number of esters is 1. The lowest BCUT2D eigenvalue weighted by molar-refractivity contribution is -0.127. The van der Waals surface area contributed by atoms with E-state index in [1.807, 2.05) is 0 Å². The number of methoxy groups -OCH3 is 1. The zero-order valence-electron chi connectivity index (χ0n) is 15.6. The average Bonchev–Trinajstić information content (AvgIpc) is 3.10. The maximum atomic E-state index is 12.8. The van der Waals surface area contributed by atoms with Crippen molar-refractivity contribution in [2.45, 2.75) is 44.0 Å². The smallest absolute Gasteiger partial charge is 0.342 e. The summed E-state index contributed by atoms with van der Waals surface area (Å²) in [5, 5.41) is 30.5. The van der Waals surface area contributed by atoms with Gasteiger partial charge in [0.25, 0.3) is 0 Å². The highest BCUT2D eigenvalue weighted by Gasteiger charge is 2.31. The van der Waals surface area contributed by atoms with Crippen LogP contribution in [0.4, 0.5) is 0 Å². The molecule has 1 aromatic carbocycles. The fraction of sp³-hybridized carbons (Fsp3) is 0.429. The Balaban J connectivity index is 2.03. The zero-order chi connectivity index (χ0) is 20.3. The van der Waals surface area contributed by atoms with Gasteiger partial charge in [-0.1, -0.05) is 18.2 Å². The fourth-order valence-electron chi connectivity index (χ4n) is 3.58. The number of carbonyl (C=O) groups excluding carboxylic acids is 2. The van der Waals surface area contributed by atoms with Crippen LogP contribution in [0.15, 0.2) is 30.4 Å².